The number of carbonyl (C=O) groups is 1. The zero-order valence-corrected chi connectivity index (χ0v) is 9.19. The average Bonchev–Trinajstić information content (AvgIpc) is 2.61. The number of rotatable bonds is 4. The van der Waals surface area contributed by atoms with Crippen molar-refractivity contribution in [1.29, 1.82) is 0 Å². The number of hydrogen-bond donors (Lipinski definition) is 2. The van der Waals surface area contributed by atoms with Crippen molar-refractivity contribution < 1.29 is 9.90 Å². The maximum atomic E-state index is 11.0. The van der Waals surface area contributed by atoms with Crippen molar-refractivity contribution in [3.05, 3.63) is 11.9 Å². The molecule has 1 rings (SSSR count). The van der Waals surface area contributed by atoms with Crippen LogP contribution in [-0.4, -0.2) is 33.1 Å². The van der Waals surface area contributed by atoms with Gasteiger partial charge in [-0.25, -0.2) is 0 Å². The molecule has 84 valence electrons. The van der Waals surface area contributed by atoms with Crippen molar-refractivity contribution in [3.8, 4) is 0 Å². The molecule has 2 N–H and O–H groups in total. The van der Waals surface area contributed by atoms with Gasteiger partial charge in [-0.05, 0) is 13.8 Å². The normalized spacial score (nSPS) is 11.5. The molecule has 0 unspecified atom stereocenters. The summed E-state index contributed by atoms with van der Waals surface area (Å²) in [6.07, 6.45) is 1.99. The summed E-state index contributed by atoms with van der Waals surface area (Å²) in [6, 6.07) is 0. The van der Waals surface area contributed by atoms with Gasteiger partial charge in [0.25, 0.3) is 0 Å². The number of amides is 1. The van der Waals surface area contributed by atoms with Gasteiger partial charge in [-0.1, -0.05) is 5.21 Å². The van der Waals surface area contributed by atoms with Crippen molar-refractivity contribution in [2.75, 3.05) is 7.05 Å². The lowest BCUT2D eigenvalue weighted by atomic mass is 10.1. The van der Waals surface area contributed by atoms with Gasteiger partial charge in [0.1, 0.15) is 11.3 Å². The molecular weight excluding hydrogens is 196 g/mol. The SMILES string of the molecule is CNC(=O)CCn1cc(C(C)(C)O)nn1. The number of aryl methyl sites for hydroxylation is 1. The fourth-order valence-corrected chi connectivity index (χ4v) is 1.03. The van der Waals surface area contributed by atoms with Crippen LogP contribution in [0, 0.1) is 0 Å². The Balaban J connectivity index is 2.58. The molecule has 0 fully saturated rings. The van der Waals surface area contributed by atoms with Crippen LogP contribution in [0.25, 0.3) is 0 Å². The Morgan fingerprint density at radius 3 is 2.80 bits per heavy atom. The maximum absolute atomic E-state index is 11.0. The number of hydrogen-bond acceptors (Lipinski definition) is 4. The average molecular weight is 212 g/mol. The smallest absolute Gasteiger partial charge is 0.221 e. The highest BCUT2D eigenvalue weighted by molar-refractivity contribution is 5.75. The summed E-state index contributed by atoms with van der Waals surface area (Å²) in [7, 11) is 1.59. The highest BCUT2D eigenvalue weighted by Gasteiger charge is 2.19. The molecule has 0 atom stereocenters. The summed E-state index contributed by atoms with van der Waals surface area (Å²) in [5.74, 6) is -0.0460. The summed E-state index contributed by atoms with van der Waals surface area (Å²) in [6.45, 7) is 3.74. The quantitative estimate of drug-likeness (QED) is 0.714. The molecule has 0 aliphatic heterocycles. The number of nitrogens with zero attached hydrogens (tertiary/aromatic N) is 3. The molecule has 1 aromatic rings. The van der Waals surface area contributed by atoms with E-state index in [0.29, 0.717) is 18.7 Å². The summed E-state index contributed by atoms with van der Waals surface area (Å²) < 4.78 is 1.54. The second kappa shape index (κ2) is 4.39. The Kier molecular flexibility index (Phi) is 3.41. The molecular formula is C9H16N4O2. The third-order valence-corrected chi connectivity index (χ3v) is 2.01. The molecule has 0 aliphatic rings. The van der Waals surface area contributed by atoms with Crippen LogP contribution in [0.3, 0.4) is 0 Å². The first-order valence-corrected chi connectivity index (χ1v) is 4.77. The van der Waals surface area contributed by atoms with Crippen molar-refractivity contribution in [2.24, 2.45) is 0 Å². The predicted molar refractivity (Wildman–Crippen MR) is 54.0 cm³/mol. The zero-order valence-electron chi connectivity index (χ0n) is 9.19. The van der Waals surface area contributed by atoms with Crippen LogP contribution in [0.15, 0.2) is 6.20 Å². The van der Waals surface area contributed by atoms with Crippen LogP contribution in [0.4, 0.5) is 0 Å². The van der Waals surface area contributed by atoms with Gasteiger partial charge < -0.3 is 10.4 Å². The van der Waals surface area contributed by atoms with Crippen LogP contribution in [-0.2, 0) is 16.9 Å². The first kappa shape index (κ1) is 11.6. The van der Waals surface area contributed by atoms with E-state index in [1.165, 1.54) is 0 Å². The van der Waals surface area contributed by atoms with E-state index in [9.17, 15) is 9.90 Å². The van der Waals surface area contributed by atoms with Crippen LogP contribution in [0.2, 0.25) is 0 Å². The third kappa shape index (κ3) is 3.32. The van der Waals surface area contributed by atoms with E-state index in [1.807, 2.05) is 0 Å². The van der Waals surface area contributed by atoms with Gasteiger partial charge in [-0.2, -0.15) is 0 Å². The molecule has 0 spiro atoms. The van der Waals surface area contributed by atoms with E-state index in [1.54, 1.807) is 31.8 Å². The lowest BCUT2D eigenvalue weighted by molar-refractivity contribution is -0.120. The second-order valence-electron chi connectivity index (χ2n) is 3.85. The lowest BCUT2D eigenvalue weighted by Crippen LogP contribution is -2.19. The molecule has 0 saturated carbocycles. The maximum Gasteiger partial charge on any atom is 0.221 e. The number of aromatic nitrogens is 3. The minimum atomic E-state index is -0.995. The van der Waals surface area contributed by atoms with Crippen molar-refractivity contribution in [2.45, 2.75) is 32.4 Å². The van der Waals surface area contributed by atoms with E-state index >= 15 is 0 Å². The Bertz CT molecular complexity index is 340. The molecule has 6 heteroatoms. The second-order valence-corrected chi connectivity index (χ2v) is 3.85. The molecule has 0 aromatic carbocycles. The molecule has 0 radical (unpaired) electrons. The van der Waals surface area contributed by atoms with Crippen LogP contribution >= 0.6 is 0 Å². The lowest BCUT2D eigenvalue weighted by Gasteiger charge is -2.11. The molecule has 0 bridgehead atoms. The molecule has 1 amide bonds. The minimum absolute atomic E-state index is 0.0460. The van der Waals surface area contributed by atoms with E-state index in [0.717, 1.165) is 0 Å². The minimum Gasteiger partial charge on any atom is -0.384 e. The first-order chi connectivity index (χ1) is 6.93. The van der Waals surface area contributed by atoms with Gasteiger partial charge in [-0.15, -0.1) is 5.10 Å². The van der Waals surface area contributed by atoms with E-state index in [2.05, 4.69) is 15.6 Å². The highest BCUT2D eigenvalue weighted by atomic mass is 16.3. The van der Waals surface area contributed by atoms with Crippen molar-refractivity contribution >= 4 is 5.91 Å². The molecule has 1 aromatic heterocycles. The van der Waals surface area contributed by atoms with Crippen LogP contribution < -0.4 is 5.32 Å². The number of carbonyl (C=O) groups excluding carboxylic acids is 1. The monoisotopic (exact) mass is 212 g/mol. The molecule has 0 saturated heterocycles. The summed E-state index contributed by atoms with van der Waals surface area (Å²) in [5.41, 5.74) is -0.495. The molecule has 6 nitrogen and oxygen atoms in total. The fourth-order valence-electron chi connectivity index (χ4n) is 1.03. The largest absolute Gasteiger partial charge is 0.384 e. The topological polar surface area (TPSA) is 80.0 Å². The molecule has 1 heterocycles. The van der Waals surface area contributed by atoms with E-state index in [-0.39, 0.29) is 5.91 Å². The third-order valence-electron chi connectivity index (χ3n) is 2.01. The summed E-state index contributed by atoms with van der Waals surface area (Å²) in [5, 5.41) is 19.8. The van der Waals surface area contributed by atoms with Gasteiger partial charge in [0.15, 0.2) is 0 Å². The molecule has 0 aliphatic carbocycles. The Morgan fingerprint density at radius 1 is 1.67 bits per heavy atom. The number of aliphatic hydroxyl groups is 1. The van der Waals surface area contributed by atoms with E-state index < -0.39 is 5.60 Å². The van der Waals surface area contributed by atoms with Gasteiger partial charge in [-0.3, -0.25) is 9.48 Å². The fraction of sp³-hybridized carbons (Fsp3) is 0.667. The first-order valence-electron chi connectivity index (χ1n) is 4.77. The Morgan fingerprint density at radius 2 is 2.33 bits per heavy atom. The van der Waals surface area contributed by atoms with Crippen molar-refractivity contribution in [3.63, 3.8) is 0 Å². The van der Waals surface area contributed by atoms with Gasteiger partial charge in [0, 0.05) is 13.5 Å². The Labute approximate surface area is 88.3 Å². The van der Waals surface area contributed by atoms with E-state index in [4.69, 9.17) is 0 Å². The number of nitrogens with one attached hydrogen (secondary N) is 1. The van der Waals surface area contributed by atoms with Gasteiger partial charge in [0.2, 0.25) is 5.91 Å². The van der Waals surface area contributed by atoms with Gasteiger partial charge >= 0.3 is 0 Å². The highest BCUT2D eigenvalue weighted by Crippen LogP contribution is 2.15. The zero-order chi connectivity index (χ0) is 11.5. The standard InChI is InChI=1S/C9H16N4O2/c1-9(2,15)7-6-13(12-11-7)5-4-8(14)10-3/h6,15H,4-5H2,1-3H3,(H,10,14). The van der Waals surface area contributed by atoms with Crippen LogP contribution in [0.5, 0.6) is 0 Å². The molecule has 15 heavy (non-hydrogen) atoms. The predicted octanol–water partition coefficient (Wildman–Crippen LogP) is -0.358. The van der Waals surface area contributed by atoms with Crippen LogP contribution in [0.1, 0.15) is 26.0 Å². The summed E-state index contributed by atoms with van der Waals surface area (Å²) in [4.78, 5) is 11.0. The van der Waals surface area contributed by atoms with Crippen molar-refractivity contribution in [1.82, 2.24) is 20.3 Å². The van der Waals surface area contributed by atoms with Gasteiger partial charge in [0.05, 0.1) is 12.7 Å². The summed E-state index contributed by atoms with van der Waals surface area (Å²) >= 11 is 0. The Hall–Kier alpha value is -1.43.